The van der Waals surface area contributed by atoms with Gasteiger partial charge in [-0.05, 0) is 79.4 Å². The van der Waals surface area contributed by atoms with Gasteiger partial charge in [0.05, 0.1) is 4.90 Å². The molecule has 1 aliphatic heterocycles. The number of amides is 2. The molecule has 0 aromatic heterocycles. The summed E-state index contributed by atoms with van der Waals surface area (Å²) in [5.74, 6) is -0.0439. The van der Waals surface area contributed by atoms with E-state index in [0.29, 0.717) is 19.4 Å². The average molecular weight is 510 g/mol. The molecule has 1 aromatic carbocycles. The fourth-order valence-electron chi connectivity index (χ4n) is 4.91. The Hall–Kier alpha value is -2.33. The molecule has 9 nitrogen and oxygen atoms in total. The SMILES string of the molecule is Cc1ccc(S(=O)(=O)N2C[C@@H]3C[C@H]2CC3(CNC(=O)OC(C)(C)C)CNC(=O)OC(C)(C)C)cc1. The Morgan fingerprint density at radius 3 is 1.86 bits per heavy atom. The molecule has 0 spiro atoms. The minimum Gasteiger partial charge on any atom is -0.444 e. The number of piperidine rings is 1. The third-order valence-electron chi connectivity index (χ3n) is 6.47. The monoisotopic (exact) mass is 509 g/mol. The van der Waals surface area contributed by atoms with Crippen molar-refractivity contribution in [2.24, 2.45) is 11.3 Å². The molecule has 0 radical (unpaired) electrons. The summed E-state index contributed by atoms with van der Waals surface area (Å²) < 4.78 is 39.0. The van der Waals surface area contributed by atoms with E-state index in [2.05, 4.69) is 10.6 Å². The molecule has 2 atom stereocenters. The molecule has 2 amide bonds. The van der Waals surface area contributed by atoms with E-state index in [1.54, 1.807) is 70.1 Å². The van der Waals surface area contributed by atoms with Crippen LogP contribution in [0.4, 0.5) is 9.59 Å². The van der Waals surface area contributed by atoms with Crippen LogP contribution in [0, 0.1) is 18.3 Å². The summed E-state index contributed by atoms with van der Waals surface area (Å²) in [4.78, 5) is 25.0. The Morgan fingerprint density at radius 1 is 0.971 bits per heavy atom. The van der Waals surface area contributed by atoms with Crippen molar-refractivity contribution in [3.05, 3.63) is 29.8 Å². The first-order valence-corrected chi connectivity index (χ1v) is 13.5. The summed E-state index contributed by atoms with van der Waals surface area (Å²) in [5, 5.41) is 5.70. The van der Waals surface area contributed by atoms with Gasteiger partial charge in [0.25, 0.3) is 0 Å². The number of ether oxygens (including phenoxy) is 2. The minimum absolute atomic E-state index is 0.0439. The molecule has 2 N–H and O–H groups in total. The fourth-order valence-corrected chi connectivity index (χ4v) is 6.59. The maximum absolute atomic E-state index is 13.3. The van der Waals surface area contributed by atoms with Gasteiger partial charge in [0.1, 0.15) is 11.2 Å². The lowest BCUT2D eigenvalue weighted by Crippen LogP contribution is -2.54. The second kappa shape index (κ2) is 9.61. The molecule has 10 heteroatoms. The van der Waals surface area contributed by atoms with E-state index in [1.165, 1.54) is 0 Å². The number of benzene rings is 1. The summed E-state index contributed by atoms with van der Waals surface area (Å²) in [6.45, 7) is 13.5. The van der Waals surface area contributed by atoms with Crippen molar-refractivity contribution >= 4 is 22.2 Å². The van der Waals surface area contributed by atoms with Crippen molar-refractivity contribution in [1.82, 2.24) is 14.9 Å². The zero-order chi connectivity index (χ0) is 26.2. The lowest BCUT2D eigenvalue weighted by atomic mass is 9.76. The quantitative estimate of drug-likeness (QED) is 0.603. The topological polar surface area (TPSA) is 114 Å². The van der Waals surface area contributed by atoms with Crippen molar-refractivity contribution in [3.8, 4) is 0 Å². The number of sulfonamides is 1. The number of fused-ring (bicyclic) bond motifs is 2. The van der Waals surface area contributed by atoms with E-state index < -0.39 is 38.8 Å². The smallest absolute Gasteiger partial charge is 0.407 e. The summed E-state index contributed by atoms with van der Waals surface area (Å²) in [6.07, 6.45) is 0.0907. The van der Waals surface area contributed by atoms with Gasteiger partial charge in [-0.3, -0.25) is 0 Å². The molecular weight excluding hydrogens is 470 g/mol. The van der Waals surface area contributed by atoms with Crippen LogP contribution >= 0.6 is 0 Å². The average Bonchev–Trinajstić information content (AvgIpc) is 3.28. The van der Waals surface area contributed by atoms with Crippen LogP contribution in [0.2, 0.25) is 0 Å². The molecule has 196 valence electrons. The predicted molar refractivity (Wildman–Crippen MR) is 132 cm³/mol. The maximum Gasteiger partial charge on any atom is 0.407 e. The molecule has 1 aliphatic carbocycles. The summed E-state index contributed by atoms with van der Waals surface area (Å²) in [6, 6.07) is 6.64. The lowest BCUT2D eigenvalue weighted by molar-refractivity contribution is 0.0411. The molecule has 35 heavy (non-hydrogen) atoms. The van der Waals surface area contributed by atoms with Gasteiger partial charge in [-0.25, -0.2) is 18.0 Å². The van der Waals surface area contributed by atoms with Gasteiger partial charge in [0.15, 0.2) is 0 Å². The molecule has 2 aliphatic rings. The van der Waals surface area contributed by atoms with Crippen LogP contribution in [-0.4, -0.2) is 61.8 Å². The van der Waals surface area contributed by atoms with Crippen LogP contribution in [0.5, 0.6) is 0 Å². The number of hydrogen-bond donors (Lipinski definition) is 2. The van der Waals surface area contributed by atoms with Crippen LogP contribution in [-0.2, 0) is 19.5 Å². The van der Waals surface area contributed by atoms with E-state index in [0.717, 1.165) is 5.56 Å². The van der Waals surface area contributed by atoms with E-state index >= 15 is 0 Å². The zero-order valence-electron chi connectivity index (χ0n) is 21.8. The second-order valence-corrected chi connectivity index (χ2v) is 13.6. The van der Waals surface area contributed by atoms with Crippen LogP contribution in [0.15, 0.2) is 29.2 Å². The van der Waals surface area contributed by atoms with Crippen molar-refractivity contribution in [3.63, 3.8) is 0 Å². The largest absolute Gasteiger partial charge is 0.444 e. The molecule has 0 unspecified atom stereocenters. The number of rotatable bonds is 6. The molecule has 2 fully saturated rings. The third kappa shape index (κ3) is 6.67. The van der Waals surface area contributed by atoms with Crippen LogP contribution in [0.1, 0.15) is 59.9 Å². The van der Waals surface area contributed by atoms with Crippen molar-refractivity contribution in [1.29, 1.82) is 0 Å². The highest BCUT2D eigenvalue weighted by atomic mass is 32.2. The predicted octanol–water partition coefficient (Wildman–Crippen LogP) is 3.81. The van der Waals surface area contributed by atoms with E-state index in [1.807, 2.05) is 6.92 Å². The normalized spacial score (nSPS) is 22.0. The Balaban J connectivity index is 1.76. The first kappa shape index (κ1) is 27.3. The molecule has 1 saturated carbocycles. The summed E-state index contributed by atoms with van der Waals surface area (Å²) >= 11 is 0. The Bertz CT molecular complexity index is 1010. The highest BCUT2D eigenvalue weighted by molar-refractivity contribution is 7.89. The number of nitrogens with zero attached hydrogens (tertiary/aromatic N) is 1. The van der Waals surface area contributed by atoms with Gasteiger partial charge in [0.2, 0.25) is 10.0 Å². The van der Waals surface area contributed by atoms with Crippen molar-refractivity contribution < 1.29 is 27.5 Å². The van der Waals surface area contributed by atoms with Gasteiger partial charge in [-0.2, -0.15) is 4.31 Å². The number of alkyl carbamates (subject to hydrolysis) is 2. The van der Waals surface area contributed by atoms with E-state index in [4.69, 9.17) is 9.47 Å². The Labute approximate surface area is 209 Å². The second-order valence-electron chi connectivity index (χ2n) is 11.8. The first-order chi connectivity index (χ1) is 16.0. The fraction of sp³-hybridized carbons (Fsp3) is 0.680. The molecular formula is C25H39N3O6S. The molecule has 2 bridgehead atoms. The maximum atomic E-state index is 13.3. The lowest BCUT2D eigenvalue weighted by Gasteiger charge is -2.41. The number of aryl methyl sites for hydroxylation is 1. The molecule has 3 rings (SSSR count). The number of nitrogens with one attached hydrogen (secondary N) is 2. The van der Waals surface area contributed by atoms with Gasteiger partial charge < -0.3 is 20.1 Å². The molecule has 1 aromatic rings. The van der Waals surface area contributed by atoms with E-state index in [9.17, 15) is 18.0 Å². The number of carbonyl (C=O) groups excluding carboxylic acids is 2. The number of hydrogen-bond acceptors (Lipinski definition) is 6. The standard InChI is InChI=1S/C25H39N3O6S/c1-17-8-10-20(11-9-17)35(31,32)28-14-18-12-19(28)13-25(18,15-26-21(29)33-23(2,3)4)16-27-22(30)34-24(5,6)7/h8-11,18-19H,12-16H2,1-7H3,(H,26,29)(H,27,30)/t18-,19-/m0/s1. The Morgan fingerprint density at radius 2 is 1.46 bits per heavy atom. The zero-order valence-corrected chi connectivity index (χ0v) is 22.6. The van der Waals surface area contributed by atoms with E-state index in [-0.39, 0.29) is 29.9 Å². The highest BCUT2D eigenvalue weighted by Crippen LogP contribution is 2.51. The molecule has 1 saturated heterocycles. The van der Waals surface area contributed by atoms with Crippen molar-refractivity contribution in [2.75, 3.05) is 19.6 Å². The molecule has 1 heterocycles. The Kier molecular flexibility index (Phi) is 7.49. The van der Waals surface area contributed by atoms with Gasteiger partial charge in [-0.15, -0.1) is 0 Å². The summed E-state index contributed by atoms with van der Waals surface area (Å²) in [7, 11) is -3.64. The van der Waals surface area contributed by atoms with Gasteiger partial charge >= 0.3 is 12.2 Å². The first-order valence-electron chi connectivity index (χ1n) is 12.0. The van der Waals surface area contributed by atoms with Crippen LogP contribution in [0.3, 0.4) is 0 Å². The third-order valence-corrected chi connectivity index (χ3v) is 8.40. The van der Waals surface area contributed by atoms with Crippen molar-refractivity contribution in [2.45, 2.75) is 83.4 Å². The minimum atomic E-state index is -3.64. The highest BCUT2D eigenvalue weighted by Gasteiger charge is 2.57. The van der Waals surface area contributed by atoms with Crippen LogP contribution < -0.4 is 10.6 Å². The van der Waals surface area contributed by atoms with Crippen LogP contribution in [0.25, 0.3) is 0 Å². The van der Waals surface area contributed by atoms with Gasteiger partial charge in [-0.1, -0.05) is 17.7 Å². The number of carbonyl (C=O) groups is 2. The summed E-state index contributed by atoms with van der Waals surface area (Å²) in [5.41, 5.74) is -0.802. The van der Waals surface area contributed by atoms with Gasteiger partial charge in [0, 0.05) is 31.1 Å².